The first kappa shape index (κ1) is 9.01. The Morgan fingerprint density at radius 3 is 2.82 bits per heavy atom. The number of likely N-dealkylation sites (tertiary alicyclic amines) is 1. The second kappa shape index (κ2) is 4.73. The number of unbranched alkanes of at least 4 members (excludes halogenated alkanes) is 1. The zero-order chi connectivity index (χ0) is 8.10. The highest BCUT2D eigenvalue weighted by atomic mass is 15.2. The first-order chi connectivity index (χ1) is 5.34. The Morgan fingerprint density at radius 1 is 1.45 bits per heavy atom. The minimum Gasteiger partial charge on any atom is -0.330 e. The average molecular weight is 156 g/mol. The van der Waals surface area contributed by atoms with Crippen LogP contribution in [0.25, 0.3) is 0 Å². The standard InChI is InChI=1S/C9H20N2/c1-9-5-4-8-11(9)7-3-2-6-10/h9H,2-8,10H2,1H3. The van der Waals surface area contributed by atoms with E-state index in [1.54, 1.807) is 0 Å². The molecule has 11 heavy (non-hydrogen) atoms. The van der Waals surface area contributed by atoms with E-state index >= 15 is 0 Å². The van der Waals surface area contributed by atoms with Crippen molar-refractivity contribution in [2.24, 2.45) is 5.73 Å². The number of nitrogens with zero attached hydrogens (tertiary/aromatic N) is 1. The normalized spacial score (nSPS) is 26.2. The van der Waals surface area contributed by atoms with Crippen molar-refractivity contribution in [1.82, 2.24) is 4.90 Å². The minimum absolute atomic E-state index is 0.827. The Morgan fingerprint density at radius 2 is 2.27 bits per heavy atom. The van der Waals surface area contributed by atoms with Gasteiger partial charge in [0.15, 0.2) is 0 Å². The van der Waals surface area contributed by atoms with Gasteiger partial charge in [0.25, 0.3) is 0 Å². The molecule has 1 aliphatic heterocycles. The van der Waals surface area contributed by atoms with Crippen molar-refractivity contribution in [2.75, 3.05) is 19.6 Å². The van der Waals surface area contributed by atoms with Crippen molar-refractivity contribution in [3.8, 4) is 0 Å². The number of rotatable bonds is 4. The van der Waals surface area contributed by atoms with Crippen LogP contribution in [0.15, 0.2) is 0 Å². The first-order valence-electron chi connectivity index (χ1n) is 4.78. The maximum atomic E-state index is 5.43. The fraction of sp³-hybridized carbons (Fsp3) is 1.00. The summed E-state index contributed by atoms with van der Waals surface area (Å²) in [4.78, 5) is 2.58. The van der Waals surface area contributed by atoms with E-state index in [-0.39, 0.29) is 0 Å². The van der Waals surface area contributed by atoms with Crippen molar-refractivity contribution in [3.63, 3.8) is 0 Å². The molecular weight excluding hydrogens is 136 g/mol. The number of hydrogen-bond donors (Lipinski definition) is 1. The summed E-state index contributed by atoms with van der Waals surface area (Å²) in [5.74, 6) is 0. The van der Waals surface area contributed by atoms with Crippen molar-refractivity contribution < 1.29 is 0 Å². The van der Waals surface area contributed by atoms with Gasteiger partial charge < -0.3 is 10.6 Å². The van der Waals surface area contributed by atoms with Crippen LogP contribution < -0.4 is 5.73 Å². The van der Waals surface area contributed by atoms with E-state index in [4.69, 9.17) is 5.73 Å². The number of nitrogens with two attached hydrogens (primary N) is 1. The van der Waals surface area contributed by atoms with Gasteiger partial charge in [-0.2, -0.15) is 0 Å². The Hall–Kier alpha value is -0.0800. The van der Waals surface area contributed by atoms with Crippen molar-refractivity contribution in [3.05, 3.63) is 0 Å². The van der Waals surface area contributed by atoms with Gasteiger partial charge in [-0.15, -0.1) is 0 Å². The van der Waals surface area contributed by atoms with E-state index in [0.29, 0.717) is 0 Å². The van der Waals surface area contributed by atoms with Crippen molar-refractivity contribution >= 4 is 0 Å². The Balaban J connectivity index is 2.05. The molecule has 0 aliphatic carbocycles. The van der Waals surface area contributed by atoms with Crippen LogP contribution in [0.4, 0.5) is 0 Å². The highest BCUT2D eigenvalue weighted by molar-refractivity contribution is 4.74. The molecule has 1 atom stereocenters. The molecule has 2 heteroatoms. The third kappa shape index (κ3) is 2.80. The second-order valence-electron chi connectivity index (χ2n) is 3.52. The molecule has 0 spiro atoms. The molecule has 0 aromatic heterocycles. The van der Waals surface area contributed by atoms with E-state index in [1.165, 1.54) is 38.8 Å². The molecule has 1 fully saturated rings. The van der Waals surface area contributed by atoms with E-state index < -0.39 is 0 Å². The summed E-state index contributed by atoms with van der Waals surface area (Å²) in [5, 5.41) is 0. The molecule has 0 radical (unpaired) electrons. The van der Waals surface area contributed by atoms with E-state index in [9.17, 15) is 0 Å². The highest BCUT2D eigenvalue weighted by Crippen LogP contribution is 2.16. The minimum atomic E-state index is 0.827. The van der Waals surface area contributed by atoms with Gasteiger partial charge in [-0.05, 0) is 52.2 Å². The molecule has 1 saturated heterocycles. The molecule has 0 aromatic rings. The van der Waals surface area contributed by atoms with Gasteiger partial charge in [0.05, 0.1) is 0 Å². The summed E-state index contributed by atoms with van der Waals surface area (Å²) in [5.41, 5.74) is 5.43. The maximum Gasteiger partial charge on any atom is 0.00674 e. The molecule has 0 saturated carbocycles. The molecule has 2 N–H and O–H groups in total. The van der Waals surface area contributed by atoms with Crippen molar-refractivity contribution in [2.45, 2.75) is 38.6 Å². The molecule has 2 nitrogen and oxygen atoms in total. The lowest BCUT2D eigenvalue weighted by atomic mass is 10.2. The maximum absolute atomic E-state index is 5.43. The summed E-state index contributed by atoms with van der Waals surface area (Å²) >= 11 is 0. The monoisotopic (exact) mass is 156 g/mol. The van der Waals surface area contributed by atoms with Gasteiger partial charge in [-0.25, -0.2) is 0 Å². The van der Waals surface area contributed by atoms with Crippen molar-refractivity contribution in [1.29, 1.82) is 0 Å². The van der Waals surface area contributed by atoms with Crippen LogP contribution >= 0.6 is 0 Å². The lowest BCUT2D eigenvalue weighted by Crippen LogP contribution is -2.28. The van der Waals surface area contributed by atoms with Crippen LogP contribution in [0.3, 0.4) is 0 Å². The van der Waals surface area contributed by atoms with Gasteiger partial charge in [-0.1, -0.05) is 0 Å². The van der Waals surface area contributed by atoms with Crippen LogP contribution in [0, 0.1) is 0 Å². The quantitative estimate of drug-likeness (QED) is 0.620. The largest absolute Gasteiger partial charge is 0.330 e. The average Bonchev–Trinajstić information content (AvgIpc) is 2.37. The number of hydrogen-bond acceptors (Lipinski definition) is 2. The van der Waals surface area contributed by atoms with Crippen LogP contribution in [-0.4, -0.2) is 30.6 Å². The van der Waals surface area contributed by atoms with Gasteiger partial charge in [0.1, 0.15) is 0 Å². The molecular formula is C9H20N2. The van der Waals surface area contributed by atoms with E-state index in [2.05, 4.69) is 11.8 Å². The SMILES string of the molecule is CC1CCCN1CCCCN. The Bertz CT molecular complexity index is 104. The smallest absolute Gasteiger partial charge is 0.00674 e. The van der Waals surface area contributed by atoms with Gasteiger partial charge >= 0.3 is 0 Å². The topological polar surface area (TPSA) is 29.3 Å². The lowest BCUT2D eigenvalue weighted by Gasteiger charge is -2.20. The van der Waals surface area contributed by atoms with Gasteiger partial charge in [0, 0.05) is 6.04 Å². The molecule has 0 aromatic carbocycles. The first-order valence-corrected chi connectivity index (χ1v) is 4.78. The predicted octanol–water partition coefficient (Wildman–Crippen LogP) is 1.21. The Kier molecular flexibility index (Phi) is 3.87. The zero-order valence-corrected chi connectivity index (χ0v) is 7.55. The fourth-order valence-electron chi connectivity index (χ4n) is 1.78. The van der Waals surface area contributed by atoms with E-state index in [1.807, 2.05) is 0 Å². The van der Waals surface area contributed by atoms with Crippen LogP contribution in [-0.2, 0) is 0 Å². The third-order valence-corrected chi connectivity index (χ3v) is 2.59. The summed E-state index contributed by atoms with van der Waals surface area (Å²) in [6.45, 7) is 5.75. The summed E-state index contributed by atoms with van der Waals surface area (Å²) in [6.07, 6.45) is 5.25. The van der Waals surface area contributed by atoms with Gasteiger partial charge in [0.2, 0.25) is 0 Å². The summed E-state index contributed by atoms with van der Waals surface area (Å²) in [6, 6.07) is 0.827. The van der Waals surface area contributed by atoms with Crippen LogP contribution in [0.5, 0.6) is 0 Å². The Labute approximate surface area is 69.8 Å². The highest BCUT2D eigenvalue weighted by Gasteiger charge is 2.18. The predicted molar refractivity (Wildman–Crippen MR) is 48.6 cm³/mol. The zero-order valence-electron chi connectivity index (χ0n) is 7.55. The van der Waals surface area contributed by atoms with Crippen LogP contribution in [0.2, 0.25) is 0 Å². The third-order valence-electron chi connectivity index (χ3n) is 2.59. The molecule has 1 unspecified atom stereocenters. The summed E-state index contributed by atoms with van der Waals surface area (Å²) < 4.78 is 0. The molecule has 1 heterocycles. The molecule has 0 amide bonds. The lowest BCUT2D eigenvalue weighted by molar-refractivity contribution is 0.264. The second-order valence-corrected chi connectivity index (χ2v) is 3.52. The molecule has 1 aliphatic rings. The van der Waals surface area contributed by atoms with E-state index in [0.717, 1.165) is 12.6 Å². The molecule has 0 bridgehead atoms. The molecule has 66 valence electrons. The molecule has 1 rings (SSSR count). The fourth-order valence-corrected chi connectivity index (χ4v) is 1.78. The van der Waals surface area contributed by atoms with Crippen LogP contribution in [0.1, 0.15) is 32.6 Å². The van der Waals surface area contributed by atoms with Gasteiger partial charge in [-0.3, -0.25) is 0 Å². The summed E-state index contributed by atoms with van der Waals surface area (Å²) in [7, 11) is 0.